The molecule has 0 aliphatic carbocycles. The summed E-state index contributed by atoms with van der Waals surface area (Å²) < 4.78 is 27.0. The SMILES string of the molecule is Cc1cnc(-c2ccc(CNC(c3cccc(NCC(=O)O)n3)S(=O)(=O)c3ccccn3)cc2)s1. The van der Waals surface area contributed by atoms with Gasteiger partial charge < -0.3 is 10.4 Å². The number of aromatic nitrogens is 3. The Labute approximate surface area is 206 Å². The van der Waals surface area contributed by atoms with Crippen molar-refractivity contribution in [2.45, 2.75) is 23.9 Å². The van der Waals surface area contributed by atoms with Crippen LogP contribution in [0.1, 0.15) is 21.5 Å². The van der Waals surface area contributed by atoms with Crippen LogP contribution in [0.2, 0.25) is 0 Å². The van der Waals surface area contributed by atoms with E-state index in [1.807, 2.05) is 37.4 Å². The molecular weight excluding hydrogens is 486 g/mol. The van der Waals surface area contributed by atoms with Gasteiger partial charge in [-0.15, -0.1) is 11.3 Å². The van der Waals surface area contributed by atoms with Crippen LogP contribution in [0.3, 0.4) is 0 Å². The van der Waals surface area contributed by atoms with E-state index < -0.39 is 21.2 Å². The lowest BCUT2D eigenvalue weighted by Gasteiger charge is -2.19. The van der Waals surface area contributed by atoms with E-state index in [1.165, 1.54) is 12.3 Å². The number of nitrogens with one attached hydrogen (secondary N) is 2. The number of thiazole rings is 1. The van der Waals surface area contributed by atoms with Crippen LogP contribution in [0.4, 0.5) is 5.82 Å². The molecule has 0 fully saturated rings. The molecule has 1 aromatic carbocycles. The number of hydrogen-bond donors (Lipinski definition) is 3. The molecule has 1 unspecified atom stereocenters. The van der Waals surface area contributed by atoms with Gasteiger partial charge in [0.1, 0.15) is 17.4 Å². The Morgan fingerprint density at radius 3 is 2.51 bits per heavy atom. The molecule has 4 aromatic rings. The number of carbonyl (C=O) groups is 1. The Balaban J connectivity index is 1.60. The van der Waals surface area contributed by atoms with Gasteiger partial charge in [-0.05, 0) is 36.8 Å². The second-order valence-corrected chi connectivity index (χ2v) is 10.9. The number of benzene rings is 1. The number of aryl methyl sites for hydroxylation is 1. The third kappa shape index (κ3) is 6.07. The highest BCUT2D eigenvalue weighted by Crippen LogP contribution is 2.27. The Morgan fingerprint density at radius 2 is 1.86 bits per heavy atom. The summed E-state index contributed by atoms with van der Waals surface area (Å²) in [6, 6.07) is 17.2. The number of sulfone groups is 1. The van der Waals surface area contributed by atoms with Crippen LogP contribution in [-0.2, 0) is 21.2 Å². The second kappa shape index (κ2) is 10.7. The number of anilines is 1. The fraction of sp³-hybridized carbons (Fsp3) is 0.167. The van der Waals surface area contributed by atoms with Gasteiger partial charge in [-0.3, -0.25) is 10.1 Å². The smallest absolute Gasteiger partial charge is 0.322 e. The Morgan fingerprint density at radius 1 is 1.06 bits per heavy atom. The van der Waals surface area contributed by atoms with E-state index in [4.69, 9.17) is 5.11 Å². The van der Waals surface area contributed by atoms with Gasteiger partial charge in [-0.25, -0.2) is 23.4 Å². The zero-order valence-corrected chi connectivity index (χ0v) is 20.4. The molecule has 3 N–H and O–H groups in total. The first kappa shape index (κ1) is 24.5. The monoisotopic (exact) mass is 509 g/mol. The Kier molecular flexibility index (Phi) is 7.49. The number of aliphatic carboxylic acids is 1. The standard InChI is InChI=1S/C24H23N5O4S2/c1-16-13-27-23(34-16)18-10-8-17(9-11-18)14-28-24(35(32,33)21-7-2-3-12-25-21)19-5-4-6-20(29-19)26-15-22(30)31/h2-13,24,28H,14-15H2,1H3,(H,26,29)(H,30,31). The predicted octanol–water partition coefficient (Wildman–Crippen LogP) is 3.67. The summed E-state index contributed by atoms with van der Waals surface area (Å²) in [5.41, 5.74) is 2.09. The van der Waals surface area contributed by atoms with Crippen molar-refractivity contribution in [3.8, 4) is 10.6 Å². The molecule has 0 aliphatic heterocycles. The molecule has 180 valence electrons. The molecule has 4 rings (SSSR count). The normalized spacial score (nSPS) is 12.3. The molecule has 9 nitrogen and oxygen atoms in total. The summed E-state index contributed by atoms with van der Waals surface area (Å²) in [5.74, 6) is -0.791. The number of nitrogens with zero attached hydrogens (tertiary/aromatic N) is 3. The van der Waals surface area contributed by atoms with E-state index in [-0.39, 0.29) is 29.6 Å². The molecule has 11 heteroatoms. The summed E-state index contributed by atoms with van der Waals surface area (Å²) in [7, 11) is -3.96. The molecule has 0 radical (unpaired) electrons. The lowest BCUT2D eigenvalue weighted by molar-refractivity contribution is -0.134. The molecule has 3 aromatic heterocycles. The topological polar surface area (TPSA) is 134 Å². The van der Waals surface area contributed by atoms with Crippen molar-refractivity contribution in [2.75, 3.05) is 11.9 Å². The first-order valence-corrected chi connectivity index (χ1v) is 13.0. The van der Waals surface area contributed by atoms with Gasteiger partial charge >= 0.3 is 5.97 Å². The van der Waals surface area contributed by atoms with Crippen molar-refractivity contribution in [1.82, 2.24) is 20.3 Å². The van der Waals surface area contributed by atoms with Crippen LogP contribution in [0, 0.1) is 6.92 Å². The number of hydrogen-bond acceptors (Lipinski definition) is 9. The van der Waals surface area contributed by atoms with Crippen LogP contribution >= 0.6 is 11.3 Å². The van der Waals surface area contributed by atoms with Gasteiger partial charge in [0.2, 0.25) is 9.84 Å². The summed E-state index contributed by atoms with van der Waals surface area (Å²) in [4.78, 5) is 24.8. The fourth-order valence-corrected chi connectivity index (χ4v) is 5.57. The van der Waals surface area contributed by atoms with Crippen LogP contribution in [0.15, 0.2) is 78.1 Å². The minimum atomic E-state index is -3.96. The maximum atomic E-state index is 13.5. The van der Waals surface area contributed by atoms with Crippen LogP contribution in [0.25, 0.3) is 10.6 Å². The summed E-state index contributed by atoms with van der Waals surface area (Å²) in [6.45, 7) is 1.91. The number of rotatable bonds is 10. The molecule has 0 amide bonds. The molecular formula is C24H23N5O4S2. The first-order valence-electron chi connectivity index (χ1n) is 10.7. The molecule has 0 aliphatic rings. The summed E-state index contributed by atoms with van der Waals surface area (Å²) in [6.07, 6.45) is 3.25. The van der Waals surface area contributed by atoms with Gasteiger partial charge in [0.05, 0.1) is 5.69 Å². The second-order valence-electron chi connectivity index (χ2n) is 7.64. The minimum absolute atomic E-state index is 0.0855. The van der Waals surface area contributed by atoms with Crippen molar-refractivity contribution in [2.24, 2.45) is 0 Å². The van der Waals surface area contributed by atoms with Gasteiger partial charge in [-0.2, -0.15) is 0 Å². The predicted molar refractivity (Wildman–Crippen MR) is 134 cm³/mol. The van der Waals surface area contributed by atoms with E-state index in [0.717, 1.165) is 21.0 Å². The maximum absolute atomic E-state index is 13.5. The number of pyridine rings is 2. The highest BCUT2D eigenvalue weighted by molar-refractivity contribution is 7.91. The van der Waals surface area contributed by atoms with Crippen LogP contribution in [0.5, 0.6) is 0 Å². The maximum Gasteiger partial charge on any atom is 0.322 e. The molecule has 35 heavy (non-hydrogen) atoms. The average molecular weight is 510 g/mol. The molecule has 0 bridgehead atoms. The molecule has 0 saturated carbocycles. The Hall–Kier alpha value is -3.67. The van der Waals surface area contributed by atoms with Gasteiger partial charge in [0.25, 0.3) is 0 Å². The van der Waals surface area contributed by atoms with Gasteiger partial charge in [-0.1, -0.05) is 36.4 Å². The first-order chi connectivity index (χ1) is 16.8. The van der Waals surface area contributed by atoms with E-state index >= 15 is 0 Å². The largest absolute Gasteiger partial charge is 0.480 e. The summed E-state index contributed by atoms with van der Waals surface area (Å²) in [5, 5.41) is 14.3. The number of carboxylic acid groups (broad SMARTS) is 1. The number of carboxylic acids is 1. The van der Waals surface area contributed by atoms with E-state index in [9.17, 15) is 13.2 Å². The molecule has 1 atom stereocenters. The quantitative estimate of drug-likeness (QED) is 0.293. The van der Waals surface area contributed by atoms with Gasteiger partial charge in [0, 0.05) is 29.4 Å². The minimum Gasteiger partial charge on any atom is -0.480 e. The average Bonchev–Trinajstić information content (AvgIpc) is 3.30. The van der Waals surface area contributed by atoms with Crippen molar-refractivity contribution in [3.63, 3.8) is 0 Å². The van der Waals surface area contributed by atoms with E-state index in [1.54, 1.807) is 41.7 Å². The van der Waals surface area contributed by atoms with E-state index in [0.29, 0.717) is 0 Å². The highest BCUT2D eigenvalue weighted by Gasteiger charge is 2.31. The zero-order chi connectivity index (χ0) is 24.8. The van der Waals surface area contributed by atoms with Crippen molar-refractivity contribution >= 4 is 33.0 Å². The van der Waals surface area contributed by atoms with Crippen molar-refractivity contribution < 1.29 is 18.3 Å². The summed E-state index contributed by atoms with van der Waals surface area (Å²) >= 11 is 1.61. The fourth-order valence-electron chi connectivity index (χ4n) is 3.34. The lowest BCUT2D eigenvalue weighted by atomic mass is 10.1. The van der Waals surface area contributed by atoms with E-state index in [2.05, 4.69) is 25.6 Å². The molecule has 0 spiro atoms. The third-order valence-electron chi connectivity index (χ3n) is 5.01. The van der Waals surface area contributed by atoms with Crippen molar-refractivity contribution in [1.29, 1.82) is 0 Å². The van der Waals surface area contributed by atoms with Crippen LogP contribution < -0.4 is 10.6 Å². The molecule has 3 heterocycles. The Bertz CT molecular complexity index is 1410. The lowest BCUT2D eigenvalue weighted by Crippen LogP contribution is -2.30. The van der Waals surface area contributed by atoms with Crippen molar-refractivity contribution in [3.05, 3.63) is 89.2 Å². The van der Waals surface area contributed by atoms with Gasteiger partial charge in [0.15, 0.2) is 10.4 Å². The van der Waals surface area contributed by atoms with Crippen LogP contribution in [-0.4, -0.2) is 41.0 Å². The molecule has 0 saturated heterocycles. The third-order valence-corrected chi connectivity index (χ3v) is 7.83. The highest BCUT2D eigenvalue weighted by atomic mass is 32.2. The zero-order valence-electron chi connectivity index (χ0n) is 18.7.